The third-order valence-electron chi connectivity index (χ3n) is 4.59. The van der Waals surface area contributed by atoms with Crippen LogP contribution in [0.3, 0.4) is 0 Å². The maximum absolute atomic E-state index is 4.46. The molecule has 1 aliphatic heterocycles. The van der Waals surface area contributed by atoms with Gasteiger partial charge in [0.1, 0.15) is 0 Å². The highest BCUT2D eigenvalue weighted by molar-refractivity contribution is 5.74. The molecule has 2 aromatic rings. The number of rotatable bonds is 5. The number of piperidine rings is 1. The molecule has 1 fully saturated rings. The zero-order valence-electron chi connectivity index (χ0n) is 12.5. The molecule has 0 unspecified atom stereocenters. The molecule has 1 aromatic carbocycles. The van der Waals surface area contributed by atoms with Gasteiger partial charge in [0.05, 0.1) is 17.4 Å². The zero-order chi connectivity index (χ0) is 13.8. The summed E-state index contributed by atoms with van der Waals surface area (Å²) in [5.74, 6) is 0. The molecule has 1 atom stereocenters. The summed E-state index contributed by atoms with van der Waals surface area (Å²) < 4.78 is 2.29. The fourth-order valence-electron chi connectivity index (χ4n) is 3.45. The van der Waals surface area contributed by atoms with E-state index >= 15 is 0 Å². The van der Waals surface area contributed by atoms with E-state index in [4.69, 9.17) is 0 Å². The summed E-state index contributed by atoms with van der Waals surface area (Å²) in [6.45, 7) is 5.92. The molecule has 20 heavy (non-hydrogen) atoms. The van der Waals surface area contributed by atoms with E-state index in [2.05, 4.69) is 45.6 Å². The second kappa shape index (κ2) is 6.40. The number of nitrogens with zero attached hydrogens (tertiary/aromatic N) is 3. The molecule has 3 rings (SSSR count). The van der Waals surface area contributed by atoms with Crippen molar-refractivity contribution in [1.29, 1.82) is 0 Å². The van der Waals surface area contributed by atoms with E-state index in [-0.39, 0.29) is 0 Å². The Kier molecular flexibility index (Phi) is 4.36. The molecule has 2 heterocycles. The monoisotopic (exact) mass is 271 g/mol. The molecule has 0 saturated carbocycles. The molecule has 1 aliphatic rings. The topological polar surface area (TPSA) is 21.1 Å². The smallest absolute Gasteiger partial charge is 0.0958 e. The minimum atomic E-state index is 0.822. The average Bonchev–Trinajstić information content (AvgIpc) is 2.91. The van der Waals surface area contributed by atoms with Crippen LogP contribution in [-0.2, 0) is 6.54 Å². The van der Waals surface area contributed by atoms with Crippen molar-refractivity contribution in [1.82, 2.24) is 14.5 Å². The lowest BCUT2D eigenvalue weighted by molar-refractivity contribution is 0.141. The minimum Gasteiger partial charge on any atom is -0.331 e. The first-order chi connectivity index (χ1) is 9.88. The van der Waals surface area contributed by atoms with Gasteiger partial charge in [-0.3, -0.25) is 0 Å². The van der Waals surface area contributed by atoms with Gasteiger partial charge in [0.25, 0.3) is 0 Å². The van der Waals surface area contributed by atoms with Crippen molar-refractivity contribution >= 4 is 11.0 Å². The summed E-state index contributed by atoms with van der Waals surface area (Å²) in [5.41, 5.74) is 2.37. The highest BCUT2D eigenvalue weighted by Crippen LogP contribution is 2.20. The van der Waals surface area contributed by atoms with Crippen molar-refractivity contribution < 1.29 is 0 Å². The number of benzene rings is 1. The lowest BCUT2D eigenvalue weighted by atomic mass is 10.00. The third-order valence-corrected chi connectivity index (χ3v) is 4.59. The van der Waals surface area contributed by atoms with E-state index in [9.17, 15) is 0 Å². The van der Waals surface area contributed by atoms with Crippen molar-refractivity contribution in [3.8, 4) is 0 Å². The van der Waals surface area contributed by atoms with Gasteiger partial charge in [-0.1, -0.05) is 25.5 Å². The predicted molar refractivity (Wildman–Crippen MR) is 83.9 cm³/mol. The molecule has 0 N–H and O–H groups in total. The van der Waals surface area contributed by atoms with Gasteiger partial charge < -0.3 is 9.47 Å². The Labute approximate surface area is 121 Å². The number of likely N-dealkylation sites (tertiary alicyclic amines) is 1. The molecule has 0 spiro atoms. The summed E-state index contributed by atoms with van der Waals surface area (Å²) in [7, 11) is 0. The summed E-state index contributed by atoms with van der Waals surface area (Å²) in [6.07, 6.45) is 8.69. The maximum atomic E-state index is 4.46. The number of aryl methyl sites for hydroxylation is 1. The van der Waals surface area contributed by atoms with Gasteiger partial charge in [0.15, 0.2) is 0 Å². The van der Waals surface area contributed by atoms with Gasteiger partial charge in [0, 0.05) is 19.1 Å². The van der Waals surface area contributed by atoms with Crippen LogP contribution in [0.4, 0.5) is 0 Å². The van der Waals surface area contributed by atoms with Crippen LogP contribution in [0.2, 0.25) is 0 Å². The summed E-state index contributed by atoms with van der Waals surface area (Å²) in [4.78, 5) is 7.16. The normalized spacial score (nSPS) is 20.6. The number of aromatic nitrogens is 2. The number of para-hydroxylation sites is 2. The fraction of sp³-hybridized carbons (Fsp3) is 0.588. The highest BCUT2D eigenvalue weighted by Gasteiger charge is 2.19. The second-order valence-electron chi connectivity index (χ2n) is 5.87. The Bertz CT molecular complexity index is 546. The van der Waals surface area contributed by atoms with Crippen molar-refractivity contribution in [3.05, 3.63) is 30.6 Å². The fourth-order valence-corrected chi connectivity index (χ4v) is 3.45. The zero-order valence-corrected chi connectivity index (χ0v) is 12.5. The Morgan fingerprint density at radius 1 is 1.20 bits per heavy atom. The van der Waals surface area contributed by atoms with E-state index in [1.165, 1.54) is 50.7 Å². The number of hydrogen-bond acceptors (Lipinski definition) is 2. The first-order valence-corrected chi connectivity index (χ1v) is 8.02. The van der Waals surface area contributed by atoms with Crippen LogP contribution in [0.25, 0.3) is 11.0 Å². The van der Waals surface area contributed by atoms with Crippen LogP contribution in [0.5, 0.6) is 0 Å². The summed E-state index contributed by atoms with van der Waals surface area (Å²) >= 11 is 0. The van der Waals surface area contributed by atoms with Gasteiger partial charge in [-0.25, -0.2) is 4.98 Å². The molecular weight excluding hydrogens is 246 g/mol. The van der Waals surface area contributed by atoms with Crippen molar-refractivity contribution in [2.75, 3.05) is 13.1 Å². The van der Waals surface area contributed by atoms with E-state index in [0.29, 0.717) is 0 Å². The van der Waals surface area contributed by atoms with E-state index in [0.717, 1.165) is 18.1 Å². The minimum absolute atomic E-state index is 0.822. The summed E-state index contributed by atoms with van der Waals surface area (Å²) in [6, 6.07) is 9.22. The lowest BCUT2D eigenvalue weighted by Crippen LogP contribution is -2.39. The van der Waals surface area contributed by atoms with Crippen molar-refractivity contribution in [2.45, 2.75) is 51.6 Å². The molecule has 0 bridgehead atoms. The van der Waals surface area contributed by atoms with E-state index < -0.39 is 0 Å². The van der Waals surface area contributed by atoms with Crippen molar-refractivity contribution in [3.63, 3.8) is 0 Å². The van der Waals surface area contributed by atoms with E-state index in [1.807, 2.05) is 6.33 Å². The van der Waals surface area contributed by atoms with Gasteiger partial charge in [-0.05, 0) is 44.4 Å². The quantitative estimate of drug-likeness (QED) is 0.827. The van der Waals surface area contributed by atoms with Crippen LogP contribution >= 0.6 is 0 Å². The lowest BCUT2D eigenvalue weighted by Gasteiger charge is -2.35. The molecular formula is C17H25N3. The third kappa shape index (κ3) is 2.88. The Balaban J connectivity index is 1.57. The largest absolute Gasteiger partial charge is 0.331 e. The second-order valence-corrected chi connectivity index (χ2v) is 5.87. The molecule has 0 amide bonds. The Morgan fingerprint density at radius 3 is 3.00 bits per heavy atom. The van der Waals surface area contributed by atoms with Crippen molar-refractivity contribution in [2.24, 2.45) is 0 Å². The van der Waals surface area contributed by atoms with Crippen LogP contribution in [0.15, 0.2) is 30.6 Å². The molecule has 1 aromatic heterocycles. The standard InChI is InChI=1S/C17H25N3/c1-2-15-8-5-6-11-19(15)12-7-13-20-14-18-16-9-3-4-10-17(16)20/h3-4,9-10,14-15H,2,5-8,11-13H2,1H3/t15-/m1/s1. The van der Waals surface area contributed by atoms with Crippen LogP contribution < -0.4 is 0 Å². The molecule has 0 aliphatic carbocycles. The number of fused-ring (bicyclic) bond motifs is 1. The molecule has 0 radical (unpaired) electrons. The molecule has 108 valence electrons. The predicted octanol–water partition coefficient (Wildman–Crippen LogP) is 3.69. The SMILES string of the molecule is CC[C@@H]1CCCCN1CCCn1cnc2ccccc21. The number of imidazole rings is 1. The van der Waals surface area contributed by atoms with Crippen LogP contribution in [-0.4, -0.2) is 33.6 Å². The Morgan fingerprint density at radius 2 is 2.10 bits per heavy atom. The van der Waals surface area contributed by atoms with Gasteiger partial charge in [-0.15, -0.1) is 0 Å². The summed E-state index contributed by atoms with van der Waals surface area (Å²) in [5, 5.41) is 0. The van der Waals surface area contributed by atoms with E-state index in [1.54, 1.807) is 0 Å². The van der Waals surface area contributed by atoms with Crippen LogP contribution in [0.1, 0.15) is 39.0 Å². The van der Waals surface area contributed by atoms with Gasteiger partial charge in [-0.2, -0.15) is 0 Å². The van der Waals surface area contributed by atoms with Crippen LogP contribution in [0, 0.1) is 0 Å². The maximum Gasteiger partial charge on any atom is 0.0958 e. The van der Waals surface area contributed by atoms with Gasteiger partial charge >= 0.3 is 0 Å². The molecule has 3 heteroatoms. The number of hydrogen-bond donors (Lipinski definition) is 0. The Hall–Kier alpha value is -1.35. The van der Waals surface area contributed by atoms with Gasteiger partial charge in [0.2, 0.25) is 0 Å². The molecule has 3 nitrogen and oxygen atoms in total. The molecule has 1 saturated heterocycles. The first kappa shape index (κ1) is 13.6. The first-order valence-electron chi connectivity index (χ1n) is 8.02. The highest BCUT2D eigenvalue weighted by atomic mass is 15.2. The average molecular weight is 271 g/mol.